The van der Waals surface area contributed by atoms with Gasteiger partial charge < -0.3 is 5.11 Å². The standard InChI is InChI=1S/C26H42O2/c1-16(2)24(28)14-17(3)21-8-9-22-20-7-6-18-15-19(27)10-12-25(18,4)23(20)11-13-26(21,22)5/h6,16-17,19-23,27H,7-15H2,1-5H3/t17-,19+,20+,21-,22+,23+,25+,26-/m1/s1. The zero-order valence-electron chi connectivity index (χ0n) is 18.8. The minimum absolute atomic E-state index is 0.111. The second-order valence-electron chi connectivity index (χ2n) is 11.7. The van der Waals surface area contributed by atoms with Crippen LogP contribution in [0.1, 0.15) is 92.4 Å². The molecular weight excluding hydrogens is 344 g/mol. The van der Waals surface area contributed by atoms with E-state index < -0.39 is 0 Å². The van der Waals surface area contributed by atoms with Crippen molar-refractivity contribution in [2.75, 3.05) is 0 Å². The first-order chi connectivity index (χ1) is 13.2. The van der Waals surface area contributed by atoms with E-state index in [1.807, 2.05) is 13.8 Å². The molecule has 158 valence electrons. The summed E-state index contributed by atoms with van der Waals surface area (Å²) >= 11 is 0. The van der Waals surface area contributed by atoms with Gasteiger partial charge in [0.1, 0.15) is 5.78 Å². The average Bonchev–Trinajstić information content (AvgIpc) is 2.99. The molecule has 2 heteroatoms. The molecule has 8 atom stereocenters. The number of carbonyl (C=O) groups excluding carboxylic acids is 1. The molecule has 4 rings (SSSR count). The predicted octanol–water partition coefficient (Wildman–Crippen LogP) is 6.18. The molecule has 0 aromatic heterocycles. The number of hydrogen-bond donors (Lipinski definition) is 1. The van der Waals surface area contributed by atoms with Crippen molar-refractivity contribution in [2.24, 2.45) is 46.3 Å². The van der Waals surface area contributed by atoms with Gasteiger partial charge in [-0.15, -0.1) is 0 Å². The summed E-state index contributed by atoms with van der Waals surface area (Å²) in [5.74, 6) is 4.32. The fourth-order valence-electron chi connectivity index (χ4n) is 8.31. The van der Waals surface area contributed by atoms with Crippen LogP contribution in [0.25, 0.3) is 0 Å². The van der Waals surface area contributed by atoms with Gasteiger partial charge in [-0.3, -0.25) is 4.79 Å². The van der Waals surface area contributed by atoms with Crippen molar-refractivity contribution >= 4 is 5.78 Å². The third-order valence-corrected chi connectivity index (χ3v) is 10.0. The molecule has 28 heavy (non-hydrogen) atoms. The Balaban J connectivity index is 1.54. The summed E-state index contributed by atoms with van der Waals surface area (Å²) in [6.07, 6.45) is 12.9. The van der Waals surface area contributed by atoms with Crippen LogP contribution in [0.2, 0.25) is 0 Å². The maximum absolute atomic E-state index is 12.4. The number of ketones is 1. The second kappa shape index (κ2) is 7.25. The molecule has 4 aliphatic rings. The van der Waals surface area contributed by atoms with Crippen LogP contribution in [-0.4, -0.2) is 17.0 Å². The van der Waals surface area contributed by atoms with Crippen LogP contribution in [-0.2, 0) is 4.79 Å². The highest BCUT2D eigenvalue weighted by Gasteiger charge is 2.59. The van der Waals surface area contributed by atoms with E-state index in [-0.39, 0.29) is 12.0 Å². The quantitative estimate of drug-likeness (QED) is 0.586. The maximum Gasteiger partial charge on any atom is 0.135 e. The lowest BCUT2D eigenvalue weighted by Gasteiger charge is -2.58. The zero-order valence-corrected chi connectivity index (χ0v) is 18.8. The summed E-state index contributed by atoms with van der Waals surface area (Å²) in [6.45, 7) is 11.5. The highest BCUT2D eigenvalue weighted by molar-refractivity contribution is 5.80. The minimum Gasteiger partial charge on any atom is -0.393 e. The van der Waals surface area contributed by atoms with Crippen molar-refractivity contribution in [3.8, 4) is 0 Å². The highest BCUT2D eigenvalue weighted by atomic mass is 16.3. The van der Waals surface area contributed by atoms with Gasteiger partial charge in [0.15, 0.2) is 0 Å². The van der Waals surface area contributed by atoms with Crippen molar-refractivity contribution in [3.05, 3.63) is 11.6 Å². The van der Waals surface area contributed by atoms with E-state index in [9.17, 15) is 9.90 Å². The van der Waals surface area contributed by atoms with Crippen LogP contribution in [0.4, 0.5) is 0 Å². The van der Waals surface area contributed by atoms with Crippen LogP contribution in [0, 0.1) is 46.3 Å². The van der Waals surface area contributed by atoms with Gasteiger partial charge in [-0.2, -0.15) is 0 Å². The molecule has 3 fully saturated rings. The molecule has 0 heterocycles. The minimum atomic E-state index is -0.111. The first-order valence-electron chi connectivity index (χ1n) is 12.1. The third-order valence-electron chi connectivity index (χ3n) is 10.0. The van der Waals surface area contributed by atoms with E-state index in [0.29, 0.717) is 28.4 Å². The monoisotopic (exact) mass is 386 g/mol. The summed E-state index contributed by atoms with van der Waals surface area (Å²) < 4.78 is 0. The van der Waals surface area contributed by atoms with E-state index in [0.717, 1.165) is 37.0 Å². The topological polar surface area (TPSA) is 37.3 Å². The van der Waals surface area contributed by atoms with Crippen molar-refractivity contribution in [1.29, 1.82) is 0 Å². The van der Waals surface area contributed by atoms with Gasteiger partial charge in [-0.05, 0) is 91.8 Å². The zero-order chi connectivity index (χ0) is 20.3. The Hall–Kier alpha value is -0.630. The molecule has 0 spiro atoms. The van der Waals surface area contributed by atoms with E-state index in [1.54, 1.807) is 5.57 Å². The molecule has 0 radical (unpaired) electrons. The number of hydrogen-bond acceptors (Lipinski definition) is 2. The van der Waals surface area contributed by atoms with Gasteiger partial charge in [-0.25, -0.2) is 0 Å². The van der Waals surface area contributed by atoms with Gasteiger partial charge in [0.25, 0.3) is 0 Å². The lowest BCUT2D eigenvalue weighted by atomic mass is 9.47. The Kier molecular flexibility index (Phi) is 5.35. The highest BCUT2D eigenvalue weighted by Crippen LogP contribution is 2.67. The molecular formula is C26H42O2. The Morgan fingerprint density at radius 1 is 1.11 bits per heavy atom. The van der Waals surface area contributed by atoms with E-state index in [1.165, 1.54) is 38.5 Å². The molecule has 0 aliphatic heterocycles. The normalized spacial score (nSPS) is 46.4. The van der Waals surface area contributed by atoms with Crippen LogP contribution in [0.3, 0.4) is 0 Å². The Morgan fingerprint density at radius 3 is 2.57 bits per heavy atom. The summed E-state index contributed by atoms with van der Waals surface area (Å²) in [5.41, 5.74) is 2.33. The second-order valence-corrected chi connectivity index (χ2v) is 11.7. The summed E-state index contributed by atoms with van der Waals surface area (Å²) in [6, 6.07) is 0. The van der Waals surface area contributed by atoms with Crippen LogP contribution >= 0.6 is 0 Å². The van der Waals surface area contributed by atoms with Crippen molar-refractivity contribution in [2.45, 2.75) is 98.5 Å². The number of allylic oxidation sites excluding steroid dienone is 1. The predicted molar refractivity (Wildman–Crippen MR) is 115 cm³/mol. The van der Waals surface area contributed by atoms with Crippen LogP contribution < -0.4 is 0 Å². The fraction of sp³-hybridized carbons (Fsp3) is 0.885. The number of aliphatic hydroxyl groups excluding tert-OH is 1. The third kappa shape index (κ3) is 3.13. The Bertz CT molecular complexity index is 649. The molecule has 0 unspecified atom stereocenters. The van der Waals surface area contributed by atoms with Crippen molar-refractivity contribution in [3.63, 3.8) is 0 Å². The van der Waals surface area contributed by atoms with Crippen LogP contribution in [0.15, 0.2) is 11.6 Å². The fourth-order valence-corrected chi connectivity index (χ4v) is 8.31. The smallest absolute Gasteiger partial charge is 0.135 e. The van der Waals surface area contributed by atoms with Crippen molar-refractivity contribution in [1.82, 2.24) is 0 Å². The van der Waals surface area contributed by atoms with E-state index in [2.05, 4.69) is 26.8 Å². The number of carbonyl (C=O) groups is 1. The first kappa shape index (κ1) is 20.6. The molecule has 3 saturated carbocycles. The molecule has 0 bridgehead atoms. The lowest BCUT2D eigenvalue weighted by Crippen LogP contribution is -2.50. The van der Waals surface area contributed by atoms with Crippen LogP contribution in [0.5, 0.6) is 0 Å². The Morgan fingerprint density at radius 2 is 1.86 bits per heavy atom. The Labute approximate surface area is 172 Å². The summed E-state index contributed by atoms with van der Waals surface area (Å²) in [5, 5.41) is 10.2. The number of fused-ring (bicyclic) bond motifs is 5. The first-order valence-corrected chi connectivity index (χ1v) is 12.1. The molecule has 1 N–H and O–H groups in total. The molecule has 2 nitrogen and oxygen atoms in total. The average molecular weight is 387 g/mol. The molecule has 0 saturated heterocycles. The summed E-state index contributed by atoms with van der Waals surface area (Å²) in [7, 11) is 0. The lowest BCUT2D eigenvalue weighted by molar-refractivity contribution is -0.123. The molecule has 0 aromatic rings. The molecule has 4 aliphatic carbocycles. The van der Waals surface area contributed by atoms with Gasteiger partial charge in [0.2, 0.25) is 0 Å². The maximum atomic E-state index is 12.4. The van der Waals surface area contributed by atoms with E-state index in [4.69, 9.17) is 0 Å². The largest absolute Gasteiger partial charge is 0.393 e. The number of Topliss-reactive ketones (excluding diaryl/α,β-unsaturated/α-hetero) is 1. The molecule has 0 amide bonds. The number of aliphatic hydroxyl groups is 1. The number of rotatable bonds is 4. The SMILES string of the molecule is CC(C)C(=O)C[C@@H](C)[C@H]1CC[C@H]2[C@@H]3CC=C4C[C@@H](O)CC[C@]4(C)[C@H]3CC[C@]12C. The summed E-state index contributed by atoms with van der Waals surface area (Å²) in [4.78, 5) is 12.4. The van der Waals surface area contributed by atoms with Gasteiger partial charge >= 0.3 is 0 Å². The van der Waals surface area contributed by atoms with Crippen molar-refractivity contribution < 1.29 is 9.90 Å². The van der Waals surface area contributed by atoms with Gasteiger partial charge in [-0.1, -0.05) is 46.3 Å². The van der Waals surface area contributed by atoms with E-state index >= 15 is 0 Å². The van der Waals surface area contributed by atoms with Gasteiger partial charge in [0, 0.05) is 12.3 Å². The molecule has 0 aromatic carbocycles. The van der Waals surface area contributed by atoms with Gasteiger partial charge in [0.05, 0.1) is 6.10 Å².